The van der Waals surface area contributed by atoms with Gasteiger partial charge in [0.25, 0.3) is 0 Å². The lowest BCUT2D eigenvalue weighted by atomic mass is 10.2. The smallest absolute Gasteiger partial charge is 0.410 e. The Labute approximate surface area is 163 Å². The van der Waals surface area contributed by atoms with Crippen LogP contribution in [0.3, 0.4) is 0 Å². The van der Waals surface area contributed by atoms with Gasteiger partial charge in [0.1, 0.15) is 12.2 Å². The molecule has 0 spiro atoms. The summed E-state index contributed by atoms with van der Waals surface area (Å²) in [7, 11) is 0. The van der Waals surface area contributed by atoms with E-state index < -0.39 is 37.0 Å². The molecule has 1 aliphatic heterocycles. The first kappa shape index (κ1) is 21.9. The zero-order valence-corrected chi connectivity index (χ0v) is 16.3. The summed E-state index contributed by atoms with van der Waals surface area (Å²) in [6.07, 6.45) is -1.21. The van der Waals surface area contributed by atoms with Gasteiger partial charge in [0.15, 0.2) is 0 Å². The van der Waals surface area contributed by atoms with Crippen molar-refractivity contribution in [2.24, 2.45) is 0 Å². The molecular weight excluding hydrogens is 374 g/mol. The maximum atomic E-state index is 12.5. The molecule has 1 atom stereocenters. The van der Waals surface area contributed by atoms with Crippen molar-refractivity contribution in [3.8, 4) is 0 Å². The molecule has 0 aliphatic carbocycles. The van der Waals surface area contributed by atoms with E-state index in [-0.39, 0.29) is 26.2 Å². The first-order chi connectivity index (χ1) is 13.2. The molecule has 1 unspecified atom stereocenters. The highest BCUT2D eigenvalue weighted by atomic mass is 19.3. The van der Waals surface area contributed by atoms with Gasteiger partial charge in [-0.2, -0.15) is 8.78 Å². The van der Waals surface area contributed by atoms with E-state index in [0.29, 0.717) is 0 Å². The molecule has 156 valence electrons. The monoisotopic (exact) mass is 400 g/mol. The number of alkyl halides is 2. The number of rotatable bonds is 5. The molecule has 2 rings (SSSR count). The topological polar surface area (TPSA) is 68.3 Å². The first-order valence-electron chi connectivity index (χ1n) is 9.00. The molecule has 1 fully saturated rings. The second-order valence-corrected chi connectivity index (χ2v) is 7.41. The molecule has 1 aromatic carbocycles. The van der Waals surface area contributed by atoms with Crippen LogP contribution in [0, 0.1) is 0 Å². The summed E-state index contributed by atoms with van der Waals surface area (Å²) in [5.41, 5.74) is 0.109. The van der Waals surface area contributed by atoms with E-state index in [1.807, 2.05) is 30.3 Å². The van der Waals surface area contributed by atoms with E-state index in [1.54, 1.807) is 20.8 Å². The number of hydrogen-bond acceptors (Lipinski definition) is 5. The van der Waals surface area contributed by atoms with Crippen LogP contribution >= 0.6 is 0 Å². The van der Waals surface area contributed by atoms with Crippen molar-refractivity contribution in [3.63, 3.8) is 0 Å². The Balaban J connectivity index is 1.97. The lowest BCUT2D eigenvalue weighted by molar-refractivity contribution is -0.144. The van der Waals surface area contributed by atoms with Crippen molar-refractivity contribution in [1.82, 2.24) is 9.80 Å². The van der Waals surface area contributed by atoms with Gasteiger partial charge in [0.05, 0.1) is 12.6 Å². The Morgan fingerprint density at radius 1 is 1.14 bits per heavy atom. The van der Waals surface area contributed by atoms with Crippen LogP contribution in [0.5, 0.6) is 0 Å². The van der Waals surface area contributed by atoms with Crippen LogP contribution in [0.2, 0.25) is 0 Å². The van der Waals surface area contributed by atoms with Crippen molar-refractivity contribution >= 4 is 12.2 Å². The molecule has 28 heavy (non-hydrogen) atoms. The summed E-state index contributed by atoms with van der Waals surface area (Å²) >= 11 is 0. The van der Waals surface area contributed by atoms with Crippen LogP contribution in [0.4, 0.5) is 18.4 Å². The van der Waals surface area contributed by atoms with Gasteiger partial charge < -0.3 is 19.1 Å². The molecule has 9 heteroatoms. The number of halogens is 2. The molecule has 1 aromatic rings. The maximum Gasteiger partial charge on any atom is 0.410 e. The Bertz CT molecular complexity index is 651. The predicted molar refractivity (Wildman–Crippen MR) is 96.9 cm³/mol. The zero-order valence-electron chi connectivity index (χ0n) is 16.3. The van der Waals surface area contributed by atoms with Gasteiger partial charge in [-0.1, -0.05) is 30.3 Å². The van der Waals surface area contributed by atoms with Crippen LogP contribution in [-0.4, -0.2) is 66.5 Å². The normalized spacial score (nSPS) is 17.6. The van der Waals surface area contributed by atoms with Gasteiger partial charge in [-0.15, -0.1) is 0 Å². The van der Waals surface area contributed by atoms with Crippen molar-refractivity contribution < 1.29 is 32.6 Å². The minimum atomic E-state index is -2.97. The number of nitrogens with zero attached hydrogens (tertiary/aromatic N) is 2. The van der Waals surface area contributed by atoms with E-state index in [1.165, 1.54) is 9.80 Å². The van der Waals surface area contributed by atoms with Crippen LogP contribution < -0.4 is 0 Å². The third-order valence-electron chi connectivity index (χ3n) is 3.99. The van der Waals surface area contributed by atoms with Crippen LogP contribution in [-0.2, 0) is 20.8 Å². The van der Waals surface area contributed by atoms with Gasteiger partial charge in [0, 0.05) is 19.6 Å². The second-order valence-electron chi connectivity index (χ2n) is 7.41. The van der Waals surface area contributed by atoms with E-state index in [0.717, 1.165) is 5.56 Å². The Morgan fingerprint density at radius 2 is 1.82 bits per heavy atom. The largest absolute Gasteiger partial charge is 0.445 e. The van der Waals surface area contributed by atoms with Crippen molar-refractivity contribution in [3.05, 3.63) is 35.9 Å². The molecule has 0 radical (unpaired) electrons. The number of hydrogen-bond donors (Lipinski definition) is 0. The third kappa shape index (κ3) is 6.95. The second kappa shape index (κ2) is 9.68. The fraction of sp³-hybridized carbons (Fsp3) is 0.579. The highest BCUT2D eigenvalue weighted by Gasteiger charge is 2.36. The highest BCUT2D eigenvalue weighted by molar-refractivity contribution is 5.71. The number of carbonyl (C=O) groups excluding carboxylic acids is 2. The molecule has 1 heterocycles. The molecule has 0 N–H and O–H groups in total. The van der Waals surface area contributed by atoms with Gasteiger partial charge in [-0.3, -0.25) is 4.90 Å². The maximum absolute atomic E-state index is 12.5. The molecule has 0 bridgehead atoms. The van der Waals surface area contributed by atoms with E-state index in [9.17, 15) is 18.4 Å². The fourth-order valence-corrected chi connectivity index (χ4v) is 2.72. The van der Waals surface area contributed by atoms with Gasteiger partial charge in [0.2, 0.25) is 0 Å². The van der Waals surface area contributed by atoms with Crippen molar-refractivity contribution in [2.75, 3.05) is 26.2 Å². The quantitative estimate of drug-likeness (QED) is 0.757. The molecular formula is C19H26F2N2O5. The van der Waals surface area contributed by atoms with Gasteiger partial charge in [-0.25, -0.2) is 9.59 Å². The Kier molecular flexibility index (Phi) is 7.56. The number of ether oxygens (including phenoxy) is 3. The Hall–Kier alpha value is -2.42. The molecule has 1 aliphatic rings. The number of benzene rings is 1. The van der Waals surface area contributed by atoms with E-state index in [2.05, 4.69) is 4.74 Å². The Morgan fingerprint density at radius 3 is 2.43 bits per heavy atom. The summed E-state index contributed by atoms with van der Waals surface area (Å²) < 4.78 is 40.0. The molecule has 1 saturated heterocycles. The average molecular weight is 400 g/mol. The van der Waals surface area contributed by atoms with Gasteiger partial charge in [-0.05, 0) is 26.3 Å². The summed E-state index contributed by atoms with van der Waals surface area (Å²) in [5.74, 6) is 0. The zero-order chi connectivity index (χ0) is 20.7. The van der Waals surface area contributed by atoms with Gasteiger partial charge >= 0.3 is 18.8 Å². The lowest BCUT2D eigenvalue weighted by Crippen LogP contribution is -2.59. The minimum Gasteiger partial charge on any atom is -0.445 e. The number of amides is 2. The number of carbonyl (C=O) groups is 2. The molecule has 0 aromatic heterocycles. The van der Waals surface area contributed by atoms with Crippen LogP contribution in [0.25, 0.3) is 0 Å². The first-order valence-corrected chi connectivity index (χ1v) is 9.00. The van der Waals surface area contributed by atoms with Crippen LogP contribution in [0.1, 0.15) is 26.3 Å². The summed E-state index contributed by atoms with van der Waals surface area (Å²) in [6.45, 7) is 2.21. The van der Waals surface area contributed by atoms with Crippen molar-refractivity contribution in [1.29, 1.82) is 0 Å². The average Bonchev–Trinajstić information content (AvgIpc) is 2.63. The SMILES string of the molecule is CC(C)(C)OC(=O)N1CCN(C(=O)OCc2ccccc2)CC1COC(F)F. The molecule has 2 amide bonds. The fourth-order valence-electron chi connectivity index (χ4n) is 2.72. The predicted octanol–water partition coefficient (Wildman–Crippen LogP) is 3.48. The molecule has 0 saturated carbocycles. The summed E-state index contributed by atoms with van der Waals surface area (Å²) in [6, 6.07) is 8.41. The summed E-state index contributed by atoms with van der Waals surface area (Å²) in [4.78, 5) is 27.4. The number of piperazine rings is 1. The van der Waals surface area contributed by atoms with Crippen LogP contribution in [0.15, 0.2) is 30.3 Å². The van der Waals surface area contributed by atoms with E-state index in [4.69, 9.17) is 9.47 Å². The van der Waals surface area contributed by atoms with Crippen molar-refractivity contribution in [2.45, 2.75) is 45.6 Å². The minimum absolute atomic E-state index is 0.0135. The standard InChI is InChI=1S/C19H26F2N2O5/c1-19(2,3)28-18(25)23-10-9-22(11-15(23)13-26-16(20)21)17(24)27-12-14-7-5-4-6-8-14/h4-8,15-16H,9-13H2,1-3H3. The molecule has 7 nitrogen and oxygen atoms in total. The third-order valence-corrected chi connectivity index (χ3v) is 3.99. The lowest BCUT2D eigenvalue weighted by Gasteiger charge is -2.40. The highest BCUT2D eigenvalue weighted by Crippen LogP contribution is 2.18. The summed E-state index contributed by atoms with van der Waals surface area (Å²) in [5, 5.41) is 0. The van der Waals surface area contributed by atoms with E-state index >= 15 is 0 Å².